The fourth-order valence-corrected chi connectivity index (χ4v) is 2.80. The molecule has 1 unspecified atom stereocenters. The van der Waals surface area contributed by atoms with E-state index in [9.17, 15) is 4.79 Å². The highest BCUT2D eigenvalue weighted by Gasteiger charge is 2.24. The van der Waals surface area contributed by atoms with Crippen molar-refractivity contribution in [1.29, 1.82) is 0 Å². The number of nitrogens with zero attached hydrogens (tertiary/aromatic N) is 1. The van der Waals surface area contributed by atoms with Crippen molar-refractivity contribution >= 4 is 23.0 Å². The summed E-state index contributed by atoms with van der Waals surface area (Å²) in [6.07, 6.45) is 0.0102. The third-order valence-corrected chi connectivity index (χ3v) is 3.77. The lowest BCUT2D eigenvalue weighted by Gasteiger charge is -2.34. The van der Waals surface area contributed by atoms with Crippen molar-refractivity contribution in [2.45, 2.75) is 20.0 Å². The van der Waals surface area contributed by atoms with E-state index in [2.05, 4.69) is 5.32 Å². The Morgan fingerprint density at radius 3 is 2.96 bits per heavy atom. The minimum Gasteiger partial charge on any atom is -0.487 e. The van der Waals surface area contributed by atoms with Gasteiger partial charge in [0.25, 0.3) is 0 Å². The standard InChI is InChI=1S/C18H21N3O2/c1-12-4-3-5-15(8-12)20-18(22)11-21-10-13(2)23-17-9-14(19)6-7-16(17)21/h3-9,13H,10-11,19H2,1-2H3,(H,20,22). The average molecular weight is 311 g/mol. The molecule has 0 aromatic heterocycles. The first-order chi connectivity index (χ1) is 11.0. The molecule has 0 saturated heterocycles. The van der Waals surface area contributed by atoms with Crippen LogP contribution in [0, 0.1) is 6.92 Å². The Morgan fingerprint density at radius 1 is 1.35 bits per heavy atom. The third kappa shape index (κ3) is 3.56. The maximum absolute atomic E-state index is 12.4. The smallest absolute Gasteiger partial charge is 0.243 e. The van der Waals surface area contributed by atoms with Gasteiger partial charge in [-0.3, -0.25) is 4.79 Å². The summed E-state index contributed by atoms with van der Waals surface area (Å²) in [7, 11) is 0. The van der Waals surface area contributed by atoms with Crippen LogP contribution in [0.4, 0.5) is 17.1 Å². The maximum atomic E-state index is 12.4. The number of nitrogens with two attached hydrogens (primary N) is 1. The summed E-state index contributed by atoms with van der Waals surface area (Å²) in [5, 5.41) is 2.94. The molecule has 120 valence electrons. The normalized spacial score (nSPS) is 16.4. The molecule has 0 radical (unpaired) electrons. The van der Waals surface area contributed by atoms with E-state index in [1.165, 1.54) is 0 Å². The summed E-state index contributed by atoms with van der Waals surface area (Å²) in [4.78, 5) is 14.4. The first-order valence-corrected chi connectivity index (χ1v) is 7.69. The van der Waals surface area contributed by atoms with Crippen LogP contribution in [-0.4, -0.2) is 25.1 Å². The van der Waals surface area contributed by atoms with Crippen LogP contribution in [0.2, 0.25) is 0 Å². The molecule has 0 aliphatic carbocycles. The van der Waals surface area contributed by atoms with Gasteiger partial charge in [-0.05, 0) is 43.7 Å². The molecule has 3 N–H and O–H groups in total. The highest BCUT2D eigenvalue weighted by molar-refractivity contribution is 5.94. The molecule has 5 nitrogen and oxygen atoms in total. The number of carbonyl (C=O) groups excluding carboxylic acids is 1. The van der Waals surface area contributed by atoms with Gasteiger partial charge in [-0.15, -0.1) is 0 Å². The molecular weight excluding hydrogens is 290 g/mol. The molecule has 1 aliphatic heterocycles. The van der Waals surface area contributed by atoms with Gasteiger partial charge in [0.15, 0.2) is 0 Å². The molecule has 0 spiro atoms. The molecule has 23 heavy (non-hydrogen) atoms. The summed E-state index contributed by atoms with van der Waals surface area (Å²) in [6.45, 7) is 4.92. The summed E-state index contributed by atoms with van der Waals surface area (Å²) >= 11 is 0. The van der Waals surface area contributed by atoms with Crippen LogP contribution in [0.5, 0.6) is 5.75 Å². The maximum Gasteiger partial charge on any atom is 0.243 e. The second-order valence-electron chi connectivity index (χ2n) is 5.95. The summed E-state index contributed by atoms with van der Waals surface area (Å²) < 4.78 is 5.81. The highest BCUT2D eigenvalue weighted by atomic mass is 16.5. The Balaban J connectivity index is 1.74. The molecule has 0 saturated carbocycles. The third-order valence-electron chi connectivity index (χ3n) is 3.77. The highest BCUT2D eigenvalue weighted by Crippen LogP contribution is 2.34. The Hall–Kier alpha value is -2.69. The second kappa shape index (κ2) is 6.20. The van der Waals surface area contributed by atoms with E-state index >= 15 is 0 Å². The van der Waals surface area contributed by atoms with E-state index < -0.39 is 0 Å². The lowest BCUT2D eigenvalue weighted by molar-refractivity contribution is -0.115. The molecule has 5 heteroatoms. The van der Waals surface area contributed by atoms with Crippen molar-refractivity contribution in [3.8, 4) is 5.75 Å². The Bertz CT molecular complexity index is 730. The number of hydrogen-bond acceptors (Lipinski definition) is 4. The molecule has 3 rings (SSSR count). The van der Waals surface area contributed by atoms with E-state index in [1.54, 1.807) is 6.07 Å². The van der Waals surface area contributed by atoms with Crippen LogP contribution >= 0.6 is 0 Å². The van der Waals surface area contributed by atoms with Gasteiger partial charge in [0.1, 0.15) is 11.9 Å². The molecule has 1 aliphatic rings. The van der Waals surface area contributed by atoms with E-state index in [0.29, 0.717) is 12.2 Å². The van der Waals surface area contributed by atoms with Crippen molar-refractivity contribution < 1.29 is 9.53 Å². The lowest BCUT2D eigenvalue weighted by Crippen LogP contribution is -2.42. The number of fused-ring (bicyclic) bond motifs is 1. The average Bonchev–Trinajstić information content (AvgIpc) is 2.46. The Labute approximate surface area is 136 Å². The predicted molar refractivity (Wildman–Crippen MR) is 93.0 cm³/mol. The van der Waals surface area contributed by atoms with E-state index in [-0.39, 0.29) is 18.6 Å². The minimum absolute atomic E-state index is 0.0102. The summed E-state index contributed by atoms with van der Waals surface area (Å²) in [6, 6.07) is 13.3. The summed E-state index contributed by atoms with van der Waals surface area (Å²) in [5.41, 5.74) is 9.30. The fraction of sp³-hybridized carbons (Fsp3) is 0.278. The van der Waals surface area contributed by atoms with Gasteiger partial charge in [0.2, 0.25) is 5.91 Å². The summed E-state index contributed by atoms with van der Waals surface area (Å²) in [5.74, 6) is 0.680. The zero-order valence-electron chi connectivity index (χ0n) is 13.4. The van der Waals surface area contributed by atoms with Gasteiger partial charge >= 0.3 is 0 Å². The number of hydrogen-bond donors (Lipinski definition) is 2. The van der Waals surface area contributed by atoms with Gasteiger partial charge in [0.05, 0.1) is 18.8 Å². The molecule has 2 aromatic rings. The van der Waals surface area contributed by atoms with Crippen molar-refractivity contribution in [2.24, 2.45) is 0 Å². The number of rotatable bonds is 3. The van der Waals surface area contributed by atoms with Gasteiger partial charge in [-0.25, -0.2) is 0 Å². The van der Waals surface area contributed by atoms with Gasteiger partial charge < -0.3 is 20.7 Å². The monoisotopic (exact) mass is 311 g/mol. The lowest BCUT2D eigenvalue weighted by atomic mass is 10.1. The van der Waals surface area contributed by atoms with Crippen LogP contribution < -0.4 is 20.7 Å². The zero-order chi connectivity index (χ0) is 16.4. The van der Waals surface area contributed by atoms with Crippen LogP contribution in [-0.2, 0) is 4.79 Å². The van der Waals surface area contributed by atoms with Crippen molar-refractivity contribution in [3.63, 3.8) is 0 Å². The molecule has 0 fully saturated rings. The van der Waals surface area contributed by atoms with E-state index in [0.717, 1.165) is 22.7 Å². The first kappa shape index (κ1) is 15.2. The molecule has 2 aromatic carbocycles. The molecule has 0 bridgehead atoms. The second-order valence-corrected chi connectivity index (χ2v) is 5.95. The van der Waals surface area contributed by atoms with Crippen LogP contribution in [0.3, 0.4) is 0 Å². The van der Waals surface area contributed by atoms with Crippen molar-refractivity contribution in [3.05, 3.63) is 48.0 Å². The zero-order valence-corrected chi connectivity index (χ0v) is 13.4. The molecular formula is C18H21N3O2. The molecule has 1 atom stereocenters. The largest absolute Gasteiger partial charge is 0.487 e. The molecule has 1 heterocycles. The number of nitrogens with one attached hydrogen (secondary N) is 1. The number of aryl methyl sites for hydroxylation is 1. The fourth-order valence-electron chi connectivity index (χ4n) is 2.80. The van der Waals surface area contributed by atoms with Crippen molar-refractivity contribution in [1.82, 2.24) is 0 Å². The SMILES string of the molecule is Cc1cccc(NC(=O)CN2CC(C)Oc3cc(N)ccc32)c1. The van der Waals surface area contributed by atoms with Crippen molar-refractivity contribution in [2.75, 3.05) is 29.0 Å². The number of ether oxygens (including phenoxy) is 1. The first-order valence-electron chi connectivity index (χ1n) is 7.69. The minimum atomic E-state index is -0.0486. The van der Waals surface area contributed by atoms with Gasteiger partial charge in [-0.1, -0.05) is 12.1 Å². The number of nitrogen functional groups attached to an aromatic ring is 1. The predicted octanol–water partition coefficient (Wildman–Crippen LogP) is 2.80. The van der Waals surface area contributed by atoms with E-state index in [4.69, 9.17) is 10.5 Å². The topological polar surface area (TPSA) is 67.6 Å². The van der Waals surface area contributed by atoms with Crippen LogP contribution in [0.25, 0.3) is 0 Å². The quantitative estimate of drug-likeness (QED) is 0.855. The van der Waals surface area contributed by atoms with Crippen LogP contribution in [0.1, 0.15) is 12.5 Å². The van der Waals surface area contributed by atoms with Gasteiger partial charge in [-0.2, -0.15) is 0 Å². The Morgan fingerprint density at radius 2 is 2.17 bits per heavy atom. The molecule has 1 amide bonds. The number of amides is 1. The number of benzene rings is 2. The Kier molecular flexibility index (Phi) is 4.10. The number of carbonyl (C=O) groups is 1. The number of anilines is 3. The van der Waals surface area contributed by atoms with Gasteiger partial charge in [0, 0.05) is 17.4 Å². The van der Waals surface area contributed by atoms with E-state index in [1.807, 2.05) is 55.1 Å². The van der Waals surface area contributed by atoms with Crippen LogP contribution in [0.15, 0.2) is 42.5 Å².